The van der Waals surface area contributed by atoms with Crippen LogP contribution in [0, 0.1) is 11.8 Å². The normalized spacial score (nSPS) is 21.8. The van der Waals surface area contributed by atoms with Crippen LogP contribution in [0.2, 0.25) is 0 Å². The Morgan fingerprint density at radius 2 is 1.89 bits per heavy atom. The number of fused-ring (bicyclic) bond motifs is 1. The van der Waals surface area contributed by atoms with E-state index in [9.17, 15) is 18.0 Å². The van der Waals surface area contributed by atoms with Crippen molar-refractivity contribution < 1.29 is 23.1 Å². The molecule has 36 heavy (non-hydrogen) atoms. The molecule has 0 unspecified atom stereocenters. The van der Waals surface area contributed by atoms with Gasteiger partial charge in [0.2, 0.25) is 15.9 Å². The molecule has 1 saturated heterocycles. The predicted molar refractivity (Wildman–Crippen MR) is 135 cm³/mol. The van der Waals surface area contributed by atoms with Crippen molar-refractivity contribution in [1.29, 1.82) is 0 Å². The first kappa shape index (κ1) is 24.2. The summed E-state index contributed by atoms with van der Waals surface area (Å²) >= 11 is 0. The van der Waals surface area contributed by atoms with Crippen LogP contribution in [0.3, 0.4) is 0 Å². The summed E-state index contributed by atoms with van der Waals surface area (Å²) in [5.41, 5.74) is 1.67. The van der Waals surface area contributed by atoms with Crippen LogP contribution in [0.5, 0.6) is 0 Å². The van der Waals surface area contributed by atoms with Gasteiger partial charge in [-0.3, -0.25) is 9.78 Å². The second kappa shape index (κ2) is 9.87. The number of benzene rings is 2. The van der Waals surface area contributed by atoms with Crippen LogP contribution in [0.15, 0.2) is 65.8 Å². The lowest BCUT2D eigenvalue weighted by molar-refractivity contribution is -0.117. The Hall–Kier alpha value is -3.50. The average Bonchev–Trinajstić information content (AvgIpc) is 3.69. The number of pyridine rings is 1. The molecule has 0 spiro atoms. The lowest BCUT2D eigenvalue weighted by atomic mass is 9.99. The summed E-state index contributed by atoms with van der Waals surface area (Å²) in [7, 11) is -3.71. The molecule has 3 N–H and O–H groups in total. The molecule has 0 bridgehead atoms. The fourth-order valence-electron chi connectivity index (χ4n) is 4.86. The maximum absolute atomic E-state index is 12.8. The first-order valence-electron chi connectivity index (χ1n) is 12.0. The summed E-state index contributed by atoms with van der Waals surface area (Å²) in [5, 5.41) is 14.2. The van der Waals surface area contributed by atoms with Crippen LogP contribution >= 0.6 is 0 Å². The van der Waals surface area contributed by atoms with Gasteiger partial charge in [0, 0.05) is 49.0 Å². The van der Waals surface area contributed by atoms with E-state index in [1.165, 1.54) is 4.90 Å². The Kier molecular flexibility index (Phi) is 6.63. The van der Waals surface area contributed by atoms with E-state index >= 15 is 0 Å². The van der Waals surface area contributed by atoms with E-state index in [1.54, 1.807) is 36.7 Å². The van der Waals surface area contributed by atoms with Crippen molar-refractivity contribution in [2.75, 3.05) is 25.0 Å². The fraction of sp³-hybridized carbons (Fsp3) is 0.346. The van der Waals surface area contributed by atoms with Gasteiger partial charge in [-0.15, -0.1) is 0 Å². The summed E-state index contributed by atoms with van der Waals surface area (Å²) in [5.74, 6) is -0.186. The monoisotopic (exact) mass is 508 g/mol. The van der Waals surface area contributed by atoms with Gasteiger partial charge < -0.3 is 15.3 Å². The van der Waals surface area contributed by atoms with E-state index in [0.717, 1.165) is 41.3 Å². The van der Waals surface area contributed by atoms with Gasteiger partial charge in [-0.05, 0) is 72.4 Å². The van der Waals surface area contributed by atoms with Crippen molar-refractivity contribution >= 4 is 38.5 Å². The molecule has 2 aromatic carbocycles. The minimum Gasteiger partial charge on any atom is -0.465 e. The van der Waals surface area contributed by atoms with Gasteiger partial charge in [0.25, 0.3) is 0 Å². The van der Waals surface area contributed by atoms with Crippen molar-refractivity contribution in [2.24, 2.45) is 11.8 Å². The van der Waals surface area contributed by atoms with Crippen LogP contribution in [0.25, 0.3) is 10.8 Å². The number of rotatable bonds is 7. The molecule has 3 aromatic rings. The summed E-state index contributed by atoms with van der Waals surface area (Å²) in [4.78, 5) is 29.5. The maximum atomic E-state index is 12.8. The Morgan fingerprint density at radius 3 is 2.67 bits per heavy atom. The molecule has 1 aliphatic carbocycles. The molecule has 2 heterocycles. The summed E-state index contributed by atoms with van der Waals surface area (Å²) in [6.07, 6.45) is 4.75. The summed E-state index contributed by atoms with van der Waals surface area (Å²) < 4.78 is 28.1. The van der Waals surface area contributed by atoms with Gasteiger partial charge in [-0.25, -0.2) is 17.9 Å². The zero-order valence-electron chi connectivity index (χ0n) is 19.6. The quantitative estimate of drug-likeness (QED) is 0.447. The van der Waals surface area contributed by atoms with Crippen LogP contribution in [0.4, 0.5) is 10.5 Å². The van der Waals surface area contributed by atoms with Crippen LogP contribution in [0.1, 0.15) is 30.7 Å². The minimum atomic E-state index is -3.71. The molecular weight excluding hydrogens is 480 g/mol. The summed E-state index contributed by atoms with van der Waals surface area (Å²) in [6.45, 7) is 1.02. The number of hydrogen-bond acceptors (Lipinski definition) is 5. The van der Waals surface area contributed by atoms with Crippen molar-refractivity contribution in [3.8, 4) is 0 Å². The van der Waals surface area contributed by atoms with Crippen LogP contribution in [-0.4, -0.2) is 55.0 Å². The lowest BCUT2D eigenvalue weighted by Gasteiger charge is -2.30. The highest BCUT2D eigenvalue weighted by atomic mass is 32.2. The number of hydrogen-bond donors (Lipinski definition) is 3. The number of piperidine rings is 1. The first-order valence-corrected chi connectivity index (χ1v) is 13.5. The molecule has 2 aliphatic rings. The third kappa shape index (κ3) is 5.34. The van der Waals surface area contributed by atoms with E-state index < -0.39 is 16.1 Å². The highest BCUT2D eigenvalue weighted by molar-refractivity contribution is 7.89. The SMILES string of the molecule is O=C(Nc1ccc2cnccc2c1)[C@@H]1C[C@H]1c1ccc(S(=O)(=O)NC[C@H]2CCCN(C(=O)O)C2)cc1. The molecule has 1 saturated carbocycles. The molecular formula is C26H28N4O5S. The molecule has 3 atom stereocenters. The second-order valence-electron chi connectivity index (χ2n) is 9.53. The van der Waals surface area contributed by atoms with Gasteiger partial charge in [0.15, 0.2) is 0 Å². The number of likely N-dealkylation sites (tertiary alicyclic amines) is 1. The number of nitrogens with one attached hydrogen (secondary N) is 2. The second-order valence-corrected chi connectivity index (χ2v) is 11.3. The molecule has 5 rings (SSSR count). The molecule has 188 valence electrons. The third-order valence-electron chi connectivity index (χ3n) is 7.01. The van der Waals surface area contributed by atoms with Crippen molar-refractivity contribution in [3.63, 3.8) is 0 Å². The first-order chi connectivity index (χ1) is 17.3. The number of carboxylic acid groups (broad SMARTS) is 1. The number of amides is 2. The smallest absolute Gasteiger partial charge is 0.407 e. The predicted octanol–water partition coefficient (Wildman–Crippen LogP) is 3.65. The Labute approximate surface area is 209 Å². The Balaban J connectivity index is 1.16. The molecule has 10 heteroatoms. The minimum absolute atomic E-state index is 0.0466. The maximum Gasteiger partial charge on any atom is 0.407 e. The third-order valence-corrected chi connectivity index (χ3v) is 8.44. The van der Waals surface area contributed by atoms with Crippen molar-refractivity contribution in [2.45, 2.75) is 30.1 Å². The van der Waals surface area contributed by atoms with Gasteiger partial charge in [-0.2, -0.15) is 0 Å². The highest BCUT2D eigenvalue weighted by Crippen LogP contribution is 2.48. The zero-order valence-corrected chi connectivity index (χ0v) is 20.4. The molecule has 0 radical (unpaired) electrons. The number of anilines is 1. The van der Waals surface area contributed by atoms with Crippen molar-refractivity contribution in [3.05, 3.63) is 66.5 Å². The van der Waals surface area contributed by atoms with Gasteiger partial charge >= 0.3 is 6.09 Å². The number of carbonyl (C=O) groups excluding carboxylic acids is 1. The average molecular weight is 509 g/mol. The number of sulfonamides is 1. The molecule has 1 aromatic heterocycles. The number of aromatic nitrogens is 1. The van der Waals surface area contributed by atoms with E-state index in [2.05, 4.69) is 15.0 Å². The van der Waals surface area contributed by atoms with Crippen LogP contribution in [-0.2, 0) is 14.8 Å². The molecule has 2 fully saturated rings. The summed E-state index contributed by atoms with van der Waals surface area (Å²) in [6, 6.07) is 14.3. The number of carbonyl (C=O) groups is 2. The van der Waals surface area contributed by atoms with Gasteiger partial charge in [0.05, 0.1) is 4.90 Å². The Bertz CT molecular complexity index is 1390. The molecule has 1 aliphatic heterocycles. The zero-order chi connectivity index (χ0) is 25.3. The highest BCUT2D eigenvalue weighted by Gasteiger charge is 2.44. The van der Waals surface area contributed by atoms with Gasteiger partial charge in [-0.1, -0.05) is 18.2 Å². The van der Waals surface area contributed by atoms with E-state index in [-0.39, 0.29) is 35.1 Å². The largest absolute Gasteiger partial charge is 0.465 e. The van der Waals surface area contributed by atoms with E-state index in [1.807, 2.05) is 24.3 Å². The van der Waals surface area contributed by atoms with E-state index in [4.69, 9.17) is 5.11 Å². The molecule has 9 nitrogen and oxygen atoms in total. The fourth-order valence-corrected chi connectivity index (χ4v) is 5.98. The van der Waals surface area contributed by atoms with E-state index in [0.29, 0.717) is 13.1 Å². The van der Waals surface area contributed by atoms with Crippen molar-refractivity contribution in [1.82, 2.24) is 14.6 Å². The number of nitrogens with zero attached hydrogens (tertiary/aromatic N) is 2. The Morgan fingerprint density at radius 1 is 1.08 bits per heavy atom. The van der Waals surface area contributed by atoms with Gasteiger partial charge in [0.1, 0.15) is 0 Å². The molecule has 2 amide bonds. The van der Waals surface area contributed by atoms with Crippen LogP contribution < -0.4 is 10.0 Å². The standard InChI is InChI=1S/C26H28N4O5S/c31-25(29-21-6-3-20-15-27-10-9-19(20)12-21)24-13-23(24)18-4-7-22(8-5-18)36(34,35)28-14-17-2-1-11-30(16-17)26(32)33/h3-10,12,15,17,23-24,28H,1-2,11,13-14,16H2,(H,29,31)(H,32,33)/t17-,23+,24-/m1/s1. The lowest BCUT2D eigenvalue weighted by Crippen LogP contribution is -2.43. The topological polar surface area (TPSA) is 129 Å².